The van der Waals surface area contributed by atoms with E-state index in [1.54, 1.807) is 0 Å². The molecule has 2 heterocycles. The molecule has 0 unspecified atom stereocenters. The van der Waals surface area contributed by atoms with E-state index in [2.05, 4.69) is 130 Å². The summed E-state index contributed by atoms with van der Waals surface area (Å²) in [5.41, 5.74) is 10.8. The minimum atomic E-state index is -1.53. The maximum Gasteiger partial charge on any atom is 0.144 e. The SMILES string of the molecule is Cc1cc(-c2cc(-c3ccccc3-c3ccccc3)c3cc([Si](C)(C)C)ccc3n2)c2oc3ccccc3c2c1. The summed E-state index contributed by atoms with van der Waals surface area (Å²) in [6, 6.07) is 41.3. The normalized spacial score (nSPS) is 12.0. The summed E-state index contributed by atoms with van der Waals surface area (Å²) in [6.45, 7) is 9.35. The maximum absolute atomic E-state index is 6.47. The Morgan fingerprint density at radius 1 is 0.575 bits per heavy atom. The zero-order valence-corrected chi connectivity index (χ0v) is 24.3. The van der Waals surface area contributed by atoms with Crippen molar-refractivity contribution in [1.82, 2.24) is 4.98 Å². The van der Waals surface area contributed by atoms with Crippen LogP contribution < -0.4 is 5.19 Å². The second kappa shape index (κ2) is 9.32. The average Bonchev–Trinajstić information content (AvgIpc) is 3.34. The van der Waals surface area contributed by atoms with Gasteiger partial charge in [-0.15, -0.1) is 0 Å². The summed E-state index contributed by atoms with van der Waals surface area (Å²) >= 11 is 0. The first-order chi connectivity index (χ1) is 19.4. The Labute approximate surface area is 236 Å². The van der Waals surface area contributed by atoms with Gasteiger partial charge in [0.2, 0.25) is 0 Å². The van der Waals surface area contributed by atoms with E-state index in [0.29, 0.717) is 0 Å². The Kier molecular flexibility index (Phi) is 5.72. The van der Waals surface area contributed by atoms with Gasteiger partial charge in [-0.25, -0.2) is 4.98 Å². The van der Waals surface area contributed by atoms with Crippen LogP contribution in [0, 0.1) is 6.92 Å². The van der Waals surface area contributed by atoms with Crippen molar-refractivity contribution in [2.24, 2.45) is 0 Å². The lowest BCUT2D eigenvalue weighted by Gasteiger charge is -2.19. The van der Waals surface area contributed by atoms with Gasteiger partial charge in [0.1, 0.15) is 11.2 Å². The lowest BCUT2D eigenvalue weighted by molar-refractivity contribution is 0.670. The van der Waals surface area contributed by atoms with Crippen molar-refractivity contribution in [3.63, 3.8) is 0 Å². The number of rotatable bonds is 4. The van der Waals surface area contributed by atoms with Crippen LogP contribution in [0.15, 0.2) is 120 Å². The molecule has 2 aromatic heterocycles. The summed E-state index contributed by atoms with van der Waals surface area (Å²) in [7, 11) is -1.53. The zero-order chi connectivity index (χ0) is 27.4. The molecular weight excluding hydrogens is 502 g/mol. The van der Waals surface area contributed by atoms with Crippen molar-refractivity contribution in [2.45, 2.75) is 26.6 Å². The Morgan fingerprint density at radius 3 is 2.10 bits per heavy atom. The number of benzene rings is 5. The molecule has 5 aromatic carbocycles. The third kappa shape index (κ3) is 4.14. The number of furan rings is 1. The molecule has 0 aliphatic heterocycles. The van der Waals surface area contributed by atoms with Crippen LogP contribution >= 0.6 is 0 Å². The van der Waals surface area contributed by atoms with Crippen LogP contribution in [0.2, 0.25) is 19.6 Å². The fourth-order valence-corrected chi connectivity index (χ4v) is 6.96. The molecule has 0 aliphatic carbocycles. The molecule has 0 spiro atoms. The molecule has 2 nitrogen and oxygen atoms in total. The summed E-state index contributed by atoms with van der Waals surface area (Å²) in [5.74, 6) is 0. The van der Waals surface area contributed by atoms with E-state index in [-0.39, 0.29) is 0 Å². The predicted octanol–water partition coefficient (Wildman–Crippen LogP) is 9.99. The van der Waals surface area contributed by atoms with Gasteiger partial charge in [-0.3, -0.25) is 0 Å². The number of fused-ring (bicyclic) bond motifs is 4. The molecule has 40 heavy (non-hydrogen) atoms. The molecule has 0 amide bonds. The fraction of sp³-hybridized carbons (Fsp3) is 0.108. The Bertz CT molecular complexity index is 2050. The highest BCUT2D eigenvalue weighted by molar-refractivity contribution is 6.88. The van der Waals surface area contributed by atoms with Gasteiger partial charge in [-0.1, -0.05) is 110 Å². The highest BCUT2D eigenvalue weighted by atomic mass is 28.3. The zero-order valence-electron chi connectivity index (χ0n) is 23.3. The van der Waals surface area contributed by atoms with Crippen LogP contribution in [-0.2, 0) is 0 Å². The fourth-order valence-electron chi connectivity index (χ4n) is 5.80. The molecule has 0 saturated carbocycles. The summed E-state index contributed by atoms with van der Waals surface area (Å²) < 4.78 is 6.47. The topological polar surface area (TPSA) is 26.0 Å². The third-order valence-electron chi connectivity index (χ3n) is 7.88. The van der Waals surface area contributed by atoms with Gasteiger partial charge in [0.05, 0.1) is 19.3 Å². The first-order valence-corrected chi connectivity index (χ1v) is 17.4. The minimum absolute atomic E-state index is 0.889. The maximum atomic E-state index is 6.47. The second-order valence-corrected chi connectivity index (χ2v) is 16.8. The van der Waals surface area contributed by atoms with Crippen LogP contribution in [0.1, 0.15) is 5.56 Å². The minimum Gasteiger partial charge on any atom is -0.455 e. The number of nitrogens with zero attached hydrogens (tertiary/aromatic N) is 1. The van der Waals surface area contributed by atoms with Gasteiger partial charge in [0, 0.05) is 21.7 Å². The van der Waals surface area contributed by atoms with Gasteiger partial charge < -0.3 is 4.42 Å². The summed E-state index contributed by atoms with van der Waals surface area (Å²) in [5, 5.41) is 4.90. The largest absolute Gasteiger partial charge is 0.455 e. The molecule has 0 radical (unpaired) electrons. The number of pyridine rings is 1. The Morgan fingerprint density at radius 2 is 1.30 bits per heavy atom. The third-order valence-corrected chi connectivity index (χ3v) is 9.92. The molecule has 0 N–H and O–H groups in total. The van der Waals surface area contributed by atoms with E-state index in [4.69, 9.17) is 9.40 Å². The van der Waals surface area contributed by atoms with Crippen LogP contribution in [0.4, 0.5) is 0 Å². The van der Waals surface area contributed by atoms with Crippen LogP contribution in [0.5, 0.6) is 0 Å². The predicted molar refractivity (Wildman–Crippen MR) is 173 cm³/mol. The van der Waals surface area contributed by atoms with E-state index >= 15 is 0 Å². The number of hydrogen-bond donors (Lipinski definition) is 0. The highest BCUT2D eigenvalue weighted by Crippen LogP contribution is 2.41. The van der Waals surface area contributed by atoms with Gasteiger partial charge in [0.15, 0.2) is 0 Å². The molecule has 0 fully saturated rings. The van der Waals surface area contributed by atoms with Gasteiger partial charge in [-0.05, 0) is 65.1 Å². The molecule has 0 atom stereocenters. The van der Waals surface area contributed by atoms with E-state index in [9.17, 15) is 0 Å². The quantitative estimate of drug-likeness (QED) is 0.210. The van der Waals surface area contributed by atoms with Crippen LogP contribution in [0.3, 0.4) is 0 Å². The average molecular weight is 534 g/mol. The summed E-state index contributed by atoms with van der Waals surface area (Å²) in [4.78, 5) is 5.27. The molecule has 7 aromatic rings. The second-order valence-electron chi connectivity index (χ2n) is 11.7. The molecule has 0 saturated heterocycles. The monoisotopic (exact) mass is 533 g/mol. The number of hydrogen-bond acceptors (Lipinski definition) is 2. The van der Waals surface area contributed by atoms with Crippen molar-refractivity contribution in [3.8, 4) is 33.5 Å². The molecule has 7 rings (SSSR count). The molecule has 3 heteroatoms. The van der Waals surface area contributed by atoms with Crippen molar-refractivity contribution < 1.29 is 4.42 Å². The van der Waals surface area contributed by atoms with Crippen molar-refractivity contribution in [1.29, 1.82) is 0 Å². The standard InChI is InChI=1S/C37H31NOSi/c1-24-20-32-29-16-10-11-17-36(29)39-37(32)33(21-24)35-23-30(31-22-26(40(2,3)4)18-19-34(31)38-35)28-15-9-8-14-27(28)25-12-6-5-7-13-25/h5-23H,1-4H3. The van der Waals surface area contributed by atoms with E-state index < -0.39 is 8.07 Å². The van der Waals surface area contributed by atoms with Crippen LogP contribution in [0.25, 0.3) is 66.4 Å². The van der Waals surface area contributed by atoms with E-state index in [1.165, 1.54) is 38.4 Å². The lowest BCUT2D eigenvalue weighted by atomic mass is 9.91. The first-order valence-electron chi connectivity index (χ1n) is 13.9. The molecule has 0 aliphatic rings. The van der Waals surface area contributed by atoms with Gasteiger partial charge in [0.25, 0.3) is 0 Å². The smallest absolute Gasteiger partial charge is 0.144 e. The van der Waals surface area contributed by atoms with E-state index in [0.717, 1.165) is 38.7 Å². The van der Waals surface area contributed by atoms with Gasteiger partial charge >= 0.3 is 0 Å². The van der Waals surface area contributed by atoms with E-state index in [1.807, 2.05) is 12.1 Å². The van der Waals surface area contributed by atoms with Crippen LogP contribution in [-0.4, -0.2) is 13.1 Å². The highest BCUT2D eigenvalue weighted by Gasteiger charge is 2.21. The number of aryl methyl sites for hydroxylation is 1. The van der Waals surface area contributed by atoms with Crippen molar-refractivity contribution in [2.75, 3.05) is 0 Å². The lowest BCUT2D eigenvalue weighted by Crippen LogP contribution is -2.37. The molecule has 0 bridgehead atoms. The number of para-hydroxylation sites is 1. The van der Waals surface area contributed by atoms with Crippen molar-refractivity contribution in [3.05, 3.63) is 121 Å². The number of aromatic nitrogens is 1. The first kappa shape index (κ1) is 24.6. The molecule has 194 valence electrons. The molecular formula is C37H31NOSi. The Balaban J connectivity index is 1.57. The Hall–Kier alpha value is -4.47. The van der Waals surface area contributed by atoms with Gasteiger partial charge in [-0.2, -0.15) is 0 Å². The summed E-state index contributed by atoms with van der Waals surface area (Å²) in [6.07, 6.45) is 0. The van der Waals surface area contributed by atoms with Crippen molar-refractivity contribution >= 4 is 46.1 Å².